The van der Waals surface area contributed by atoms with E-state index in [9.17, 15) is 9.59 Å². The summed E-state index contributed by atoms with van der Waals surface area (Å²) in [5.74, 6) is 1.47. The highest BCUT2D eigenvalue weighted by atomic mass is 16.2. The molecule has 2 aliphatic heterocycles. The molecule has 2 heterocycles. The maximum Gasteiger partial charge on any atom is 0.226 e. The third-order valence-corrected chi connectivity index (χ3v) is 4.94. The number of hydrogen-bond acceptors (Lipinski definition) is 2. The predicted octanol–water partition coefficient (Wildman–Crippen LogP) is 1.65. The SMILES string of the molecule is C[C@@H]1C[C@H]1C(=O)N1CCCC[C@H]1CN1CCCC1=O. The van der Waals surface area contributed by atoms with Crippen LogP contribution < -0.4 is 0 Å². The molecule has 3 rings (SSSR count). The van der Waals surface area contributed by atoms with Gasteiger partial charge in [-0.05, 0) is 38.0 Å². The Kier molecular flexibility index (Phi) is 3.50. The van der Waals surface area contributed by atoms with Crippen molar-refractivity contribution in [1.29, 1.82) is 0 Å². The Hall–Kier alpha value is -1.06. The maximum atomic E-state index is 12.5. The smallest absolute Gasteiger partial charge is 0.226 e. The molecule has 2 amide bonds. The summed E-state index contributed by atoms with van der Waals surface area (Å²) >= 11 is 0. The molecule has 1 saturated carbocycles. The molecule has 0 unspecified atom stereocenters. The van der Waals surface area contributed by atoms with Gasteiger partial charge in [-0.3, -0.25) is 9.59 Å². The van der Waals surface area contributed by atoms with E-state index in [1.54, 1.807) is 0 Å². The Labute approximate surface area is 115 Å². The minimum absolute atomic E-state index is 0.273. The minimum Gasteiger partial charge on any atom is -0.341 e. The van der Waals surface area contributed by atoms with Gasteiger partial charge in [0.2, 0.25) is 11.8 Å². The van der Waals surface area contributed by atoms with E-state index in [0.717, 1.165) is 45.3 Å². The molecule has 3 fully saturated rings. The molecule has 2 saturated heterocycles. The average molecular weight is 264 g/mol. The number of piperidine rings is 1. The first kappa shape index (κ1) is 12.9. The third kappa shape index (κ3) is 2.63. The van der Waals surface area contributed by atoms with Crippen LogP contribution in [0.15, 0.2) is 0 Å². The fourth-order valence-corrected chi connectivity index (χ4v) is 3.51. The maximum absolute atomic E-state index is 12.5. The molecule has 0 radical (unpaired) electrons. The van der Waals surface area contributed by atoms with Gasteiger partial charge in [0.05, 0.1) is 0 Å². The lowest BCUT2D eigenvalue weighted by atomic mass is 10.0. The molecule has 0 aromatic carbocycles. The van der Waals surface area contributed by atoms with Crippen LogP contribution in [0, 0.1) is 11.8 Å². The zero-order valence-corrected chi connectivity index (χ0v) is 11.8. The lowest BCUT2D eigenvalue weighted by molar-refractivity contribution is -0.139. The summed E-state index contributed by atoms with van der Waals surface area (Å²) in [6, 6.07) is 0.274. The number of carbonyl (C=O) groups is 2. The molecule has 3 atom stereocenters. The lowest BCUT2D eigenvalue weighted by Gasteiger charge is -2.38. The molecule has 4 heteroatoms. The monoisotopic (exact) mass is 264 g/mol. The number of amides is 2. The average Bonchev–Trinajstić information content (AvgIpc) is 3.01. The standard InChI is InChI=1S/C15H24N2O2/c1-11-9-13(11)15(19)17-8-3-2-5-12(17)10-16-7-4-6-14(16)18/h11-13H,2-10H2,1H3/t11-,12+,13-/m1/s1. The first-order chi connectivity index (χ1) is 9.16. The van der Waals surface area contributed by atoms with Crippen molar-refractivity contribution in [2.75, 3.05) is 19.6 Å². The summed E-state index contributed by atoms with van der Waals surface area (Å²) in [4.78, 5) is 28.3. The van der Waals surface area contributed by atoms with E-state index >= 15 is 0 Å². The second-order valence-electron chi connectivity index (χ2n) is 6.44. The van der Waals surface area contributed by atoms with Gasteiger partial charge in [0, 0.05) is 38.0 Å². The van der Waals surface area contributed by atoms with E-state index in [4.69, 9.17) is 0 Å². The zero-order chi connectivity index (χ0) is 13.4. The van der Waals surface area contributed by atoms with E-state index in [-0.39, 0.29) is 17.9 Å². The lowest BCUT2D eigenvalue weighted by Crippen LogP contribution is -2.50. The molecule has 0 N–H and O–H groups in total. The van der Waals surface area contributed by atoms with Gasteiger partial charge in [-0.2, -0.15) is 0 Å². The van der Waals surface area contributed by atoms with E-state index in [0.29, 0.717) is 18.2 Å². The van der Waals surface area contributed by atoms with Crippen LogP contribution in [0.1, 0.15) is 45.4 Å². The van der Waals surface area contributed by atoms with Gasteiger partial charge in [-0.1, -0.05) is 6.92 Å². The largest absolute Gasteiger partial charge is 0.341 e. The Morgan fingerprint density at radius 1 is 1.26 bits per heavy atom. The fourth-order valence-electron chi connectivity index (χ4n) is 3.51. The van der Waals surface area contributed by atoms with Crippen molar-refractivity contribution in [2.45, 2.75) is 51.5 Å². The van der Waals surface area contributed by atoms with Crippen LogP contribution in [-0.4, -0.2) is 47.3 Å². The van der Waals surface area contributed by atoms with Crippen LogP contribution in [0.4, 0.5) is 0 Å². The topological polar surface area (TPSA) is 40.6 Å². The van der Waals surface area contributed by atoms with Gasteiger partial charge >= 0.3 is 0 Å². The van der Waals surface area contributed by atoms with Gasteiger partial charge in [-0.15, -0.1) is 0 Å². The molecule has 0 spiro atoms. The predicted molar refractivity (Wildman–Crippen MR) is 72.4 cm³/mol. The van der Waals surface area contributed by atoms with Crippen LogP contribution >= 0.6 is 0 Å². The van der Waals surface area contributed by atoms with Crippen LogP contribution in [-0.2, 0) is 9.59 Å². The Balaban J connectivity index is 1.63. The summed E-state index contributed by atoms with van der Waals surface area (Å²) in [7, 11) is 0. The molecule has 0 aromatic heterocycles. The molecule has 0 aromatic rings. The first-order valence-corrected chi connectivity index (χ1v) is 7.75. The van der Waals surface area contributed by atoms with Crippen molar-refractivity contribution in [1.82, 2.24) is 9.80 Å². The van der Waals surface area contributed by atoms with Crippen molar-refractivity contribution in [3.05, 3.63) is 0 Å². The normalized spacial score (nSPS) is 34.8. The van der Waals surface area contributed by atoms with Crippen molar-refractivity contribution in [3.63, 3.8) is 0 Å². The summed E-state index contributed by atoms with van der Waals surface area (Å²) < 4.78 is 0. The van der Waals surface area contributed by atoms with Crippen LogP contribution in [0.5, 0.6) is 0 Å². The van der Waals surface area contributed by atoms with Crippen molar-refractivity contribution in [3.8, 4) is 0 Å². The van der Waals surface area contributed by atoms with E-state index < -0.39 is 0 Å². The second kappa shape index (κ2) is 5.14. The molecular weight excluding hydrogens is 240 g/mol. The number of carbonyl (C=O) groups excluding carboxylic acids is 2. The van der Waals surface area contributed by atoms with Crippen LogP contribution in [0.2, 0.25) is 0 Å². The molecule has 3 aliphatic rings. The summed E-state index contributed by atoms with van der Waals surface area (Å²) in [6.45, 7) is 4.71. The molecule has 4 nitrogen and oxygen atoms in total. The highest BCUT2D eigenvalue weighted by Crippen LogP contribution is 2.40. The third-order valence-electron chi connectivity index (χ3n) is 4.94. The van der Waals surface area contributed by atoms with Crippen molar-refractivity contribution in [2.24, 2.45) is 11.8 Å². The summed E-state index contributed by atoms with van der Waals surface area (Å²) in [5, 5.41) is 0. The van der Waals surface area contributed by atoms with Gasteiger partial charge in [0.25, 0.3) is 0 Å². The summed E-state index contributed by atoms with van der Waals surface area (Å²) in [5.41, 5.74) is 0. The molecule has 106 valence electrons. The molecule has 19 heavy (non-hydrogen) atoms. The van der Waals surface area contributed by atoms with Crippen molar-refractivity contribution < 1.29 is 9.59 Å². The molecular formula is C15H24N2O2. The first-order valence-electron chi connectivity index (χ1n) is 7.75. The highest BCUT2D eigenvalue weighted by Gasteiger charge is 2.43. The van der Waals surface area contributed by atoms with Gasteiger partial charge < -0.3 is 9.80 Å². The quantitative estimate of drug-likeness (QED) is 0.777. The van der Waals surface area contributed by atoms with Gasteiger partial charge in [0.15, 0.2) is 0 Å². The van der Waals surface area contributed by atoms with E-state index in [2.05, 4.69) is 11.8 Å². The molecule has 1 aliphatic carbocycles. The number of nitrogens with zero attached hydrogens (tertiary/aromatic N) is 2. The number of likely N-dealkylation sites (tertiary alicyclic amines) is 2. The fraction of sp³-hybridized carbons (Fsp3) is 0.867. The number of rotatable bonds is 3. The van der Waals surface area contributed by atoms with E-state index in [1.165, 1.54) is 6.42 Å². The van der Waals surface area contributed by atoms with E-state index in [1.807, 2.05) is 4.90 Å². The van der Waals surface area contributed by atoms with Gasteiger partial charge in [-0.25, -0.2) is 0 Å². The molecule has 0 bridgehead atoms. The van der Waals surface area contributed by atoms with Gasteiger partial charge in [0.1, 0.15) is 0 Å². The van der Waals surface area contributed by atoms with Crippen molar-refractivity contribution >= 4 is 11.8 Å². The Morgan fingerprint density at radius 3 is 2.68 bits per heavy atom. The second-order valence-corrected chi connectivity index (χ2v) is 6.44. The van der Waals surface area contributed by atoms with Crippen LogP contribution in [0.25, 0.3) is 0 Å². The minimum atomic E-state index is 0.273. The Bertz CT molecular complexity index is 382. The zero-order valence-electron chi connectivity index (χ0n) is 11.8. The Morgan fingerprint density at radius 2 is 2.05 bits per heavy atom. The van der Waals surface area contributed by atoms with Crippen LogP contribution in [0.3, 0.4) is 0 Å². The highest BCUT2D eigenvalue weighted by molar-refractivity contribution is 5.82. The summed E-state index contributed by atoms with van der Waals surface area (Å²) in [6.07, 6.45) is 6.12. The number of hydrogen-bond donors (Lipinski definition) is 0.